The van der Waals surface area contributed by atoms with Gasteiger partial charge in [-0.15, -0.1) is 0 Å². The number of rotatable bonds is 7. The third-order valence-electron chi connectivity index (χ3n) is 3.48. The van der Waals surface area contributed by atoms with Crippen molar-refractivity contribution in [2.24, 2.45) is 0 Å². The Morgan fingerprint density at radius 2 is 1.74 bits per heavy atom. The number of anilines is 1. The second kappa shape index (κ2) is 8.72. The van der Waals surface area contributed by atoms with Gasteiger partial charge in [-0.05, 0) is 36.2 Å². The molecule has 0 heterocycles. The summed E-state index contributed by atoms with van der Waals surface area (Å²) in [6.07, 6.45) is 0.917. The van der Waals surface area contributed by atoms with Crippen LogP contribution in [-0.4, -0.2) is 30.4 Å². The van der Waals surface area contributed by atoms with E-state index in [-0.39, 0.29) is 19.0 Å². The van der Waals surface area contributed by atoms with Gasteiger partial charge in [-0.1, -0.05) is 49.4 Å². The number of carbonyl (C=O) groups excluding carboxylic acids is 1. The molecule has 0 aliphatic rings. The van der Waals surface area contributed by atoms with Crippen molar-refractivity contribution in [1.29, 1.82) is 5.26 Å². The largest absolute Gasteiger partial charge is 0.325 e. The number of carbonyl (C=O) groups is 1. The lowest BCUT2D eigenvalue weighted by Gasteiger charge is -2.17. The topological polar surface area (TPSA) is 56.1 Å². The maximum Gasteiger partial charge on any atom is 0.238 e. The lowest BCUT2D eigenvalue weighted by molar-refractivity contribution is -0.117. The van der Waals surface area contributed by atoms with Crippen molar-refractivity contribution in [2.45, 2.75) is 13.3 Å². The molecule has 23 heavy (non-hydrogen) atoms. The minimum Gasteiger partial charge on any atom is -0.325 e. The molecule has 0 aliphatic carbocycles. The first-order valence-electron chi connectivity index (χ1n) is 7.77. The van der Waals surface area contributed by atoms with Gasteiger partial charge in [-0.2, -0.15) is 5.26 Å². The summed E-state index contributed by atoms with van der Waals surface area (Å²) < 4.78 is 0. The van der Waals surface area contributed by atoms with Crippen LogP contribution in [0.4, 0.5) is 5.69 Å². The van der Waals surface area contributed by atoms with Gasteiger partial charge < -0.3 is 5.32 Å². The van der Waals surface area contributed by atoms with Gasteiger partial charge in [-0.3, -0.25) is 9.69 Å². The predicted molar refractivity (Wildman–Crippen MR) is 92.9 cm³/mol. The van der Waals surface area contributed by atoms with E-state index in [0.29, 0.717) is 0 Å². The van der Waals surface area contributed by atoms with E-state index in [0.717, 1.165) is 29.8 Å². The predicted octanol–water partition coefficient (Wildman–Crippen LogP) is 3.53. The average molecular weight is 307 g/mol. The molecule has 0 unspecified atom stereocenters. The van der Waals surface area contributed by atoms with Crippen LogP contribution in [0, 0.1) is 11.3 Å². The van der Waals surface area contributed by atoms with Crippen molar-refractivity contribution in [3.63, 3.8) is 0 Å². The van der Waals surface area contributed by atoms with E-state index < -0.39 is 0 Å². The molecule has 0 aromatic heterocycles. The fraction of sp³-hybridized carbons (Fsp3) is 0.263. The summed E-state index contributed by atoms with van der Waals surface area (Å²) in [6.45, 7) is 3.29. The molecule has 118 valence electrons. The zero-order valence-electron chi connectivity index (χ0n) is 13.3. The molecule has 0 fully saturated rings. The monoisotopic (exact) mass is 307 g/mol. The Balaban J connectivity index is 1.95. The van der Waals surface area contributed by atoms with Crippen LogP contribution < -0.4 is 5.32 Å². The van der Waals surface area contributed by atoms with Crippen molar-refractivity contribution >= 4 is 11.6 Å². The zero-order valence-corrected chi connectivity index (χ0v) is 13.3. The van der Waals surface area contributed by atoms with E-state index in [1.807, 2.05) is 54.3 Å². The highest BCUT2D eigenvalue weighted by atomic mass is 16.2. The van der Waals surface area contributed by atoms with Gasteiger partial charge in [0.1, 0.15) is 0 Å². The van der Waals surface area contributed by atoms with Crippen molar-refractivity contribution in [3.8, 4) is 17.2 Å². The molecule has 4 nitrogen and oxygen atoms in total. The van der Waals surface area contributed by atoms with E-state index in [4.69, 9.17) is 5.26 Å². The van der Waals surface area contributed by atoms with Crippen LogP contribution in [0.2, 0.25) is 0 Å². The molecule has 1 amide bonds. The molecule has 2 aromatic rings. The minimum atomic E-state index is -0.0961. The van der Waals surface area contributed by atoms with Crippen LogP contribution in [0.5, 0.6) is 0 Å². The van der Waals surface area contributed by atoms with Gasteiger partial charge in [0, 0.05) is 5.69 Å². The fourth-order valence-electron chi connectivity index (χ4n) is 2.41. The fourth-order valence-corrected chi connectivity index (χ4v) is 2.41. The zero-order chi connectivity index (χ0) is 16.5. The van der Waals surface area contributed by atoms with Gasteiger partial charge >= 0.3 is 0 Å². The first-order valence-corrected chi connectivity index (χ1v) is 7.77. The molecular formula is C19H21N3O. The number of hydrogen-bond acceptors (Lipinski definition) is 3. The van der Waals surface area contributed by atoms with Crippen LogP contribution in [0.1, 0.15) is 13.3 Å². The Morgan fingerprint density at radius 3 is 2.35 bits per heavy atom. The van der Waals surface area contributed by atoms with Crippen LogP contribution in [0.3, 0.4) is 0 Å². The summed E-state index contributed by atoms with van der Waals surface area (Å²) >= 11 is 0. The number of amides is 1. The van der Waals surface area contributed by atoms with Crippen LogP contribution >= 0.6 is 0 Å². The van der Waals surface area contributed by atoms with E-state index in [9.17, 15) is 4.79 Å². The molecule has 0 saturated carbocycles. The number of nitriles is 1. The Labute approximate surface area is 137 Å². The van der Waals surface area contributed by atoms with Gasteiger partial charge in [0.25, 0.3) is 0 Å². The number of nitrogens with zero attached hydrogens (tertiary/aromatic N) is 2. The lowest BCUT2D eigenvalue weighted by atomic mass is 10.1. The molecule has 1 N–H and O–H groups in total. The van der Waals surface area contributed by atoms with Gasteiger partial charge in [0.2, 0.25) is 5.91 Å². The average Bonchev–Trinajstić information content (AvgIpc) is 2.57. The summed E-state index contributed by atoms with van der Waals surface area (Å²) in [7, 11) is 0. The SMILES string of the molecule is CCCN(CC#N)CC(=O)Nc1ccc(-c2ccccc2)cc1. The Kier molecular flexibility index (Phi) is 6.34. The van der Waals surface area contributed by atoms with Crippen molar-refractivity contribution in [2.75, 3.05) is 25.0 Å². The van der Waals surface area contributed by atoms with Gasteiger partial charge in [0.15, 0.2) is 0 Å². The van der Waals surface area contributed by atoms with Crippen molar-refractivity contribution in [3.05, 3.63) is 54.6 Å². The molecule has 0 atom stereocenters. The molecule has 2 aromatic carbocycles. The Morgan fingerprint density at radius 1 is 1.09 bits per heavy atom. The minimum absolute atomic E-state index is 0.0961. The van der Waals surface area contributed by atoms with E-state index in [1.165, 1.54) is 0 Å². The number of benzene rings is 2. The third-order valence-corrected chi connectivity index (χ3v) is 3.48. The second-order valence-corrected chi connectivity index (χ2v) is 5.36. The molecule has 0 bridgehead atoms. The molecular weight excluding hydrogens is 286 g/mol. The molecule has 2 rings (SSSR count). The van der Waals surface area contributed by atoms with Crippen LogP contribution in [-0.2, 0) is 4.79 Å². The molecule has 4 heteroatoms. The maximum atomic E-state index is 12.1. The van der Waals surface area contributed by atoms with Crippen molar-refractivity contribution in [1.82, 2.24) is 4.90 Å². The standard InChI is InChI=1S/C19H21N3O/c1-2-13-22(14-12-20)15-19(23)21-18-10-8-17(9-11-18)16-6-4-3-5-7-16/h3-11H,2,13-15H2,1H3,(H,21,23). The van der Waals surface area contributed by atoms with Crippen LogP contribution in [0.25, 0.3) is 11.1 Å². The third kappa shape index (κ3) is 5.24. The highest BCUT2D eigenvalue weighted by Gasteiger charge is 2.09. The molecule has 0 saturated heterocycles. The van der Waals surface area contributed by atoms with E-state index in [2.05, 4.69) is 23.5 Å². The quantitative estimate of drug-likeness (QED) is 0.796. The first-order chi connectivity index (χ1) is 11.2. The summed E-state index contributed by atoms with van der Waals surface area (Å²) in [6, 6.07) is 20.0. The first kappa shape index (κ1) is 16.7. The highest BCUT2D eigenvalue weighted by Crippen LogP contribution is 2.20. The highest BCUT2D eigenvalue weighted by molar-refractivity contribution is 5.92. The molecule has 0 aliphatic heterocycles. The normalized spacial score (nSPS) is 10.3. The van der Waals surface area contributed by atoms with Crippen molar-refractivity contribution < 1.29 is 4.79 Å². The summed E-state index contributed by atoms with van der Waals surface area (Å²) in [5.74, 6) is -0.0961. The van der Waals surface area contributed by atoms with Gasteiger partial charge in [0.05, 0.1) is 19.2 Å². The Bertz CT molecular complexity index is 659. The van der Waals surface area contributed by atoms with Crippen LogP contribution in [0.15, 0.2) is 54.6 Å². The lowest BCUT2D eigenvalue weighted by Crippen LogP contribution is -2.34. The summed E-state index contributed by atoms with van der Waals surface area (Å²) in [4.78, 5) is 13.9. The molecule has 0 radical (unpaired) electrons. The summed E-state index contributed by atoms with van der Waals surface area (Å²) in [5.41, 5.74) is 3.03. The van der Waals surface area contributed by atoms with Gasteiger partial charge in [-0.25, -0.2) is 0 Å². The molecule has 0 spiro atoms. The Hall–Kier alpha value is -2.64. The number of hydrogen-bond donors (Lipinski definition) is 1. The maximum absolute atomic E-state index is 12.1. The smallest absolute Gasteiger partial charge is 0.238 e. The second-order valence-electron chi connectivity index (χ2n) is 5.36. The summed E-state index contributed by atoms with van der Waals surface area (Å²) in [5, 5.41) is 11.7. The number of nitrogens with one attached hydrogen (secondary N) is 1. The van der Waals surface area contributed by atoms with E-state index >= 15 is 0 Å². The van der Waals surface area contributed by atoms with E-state index in [1.54, 1.807) is 0 Å².